The monoisotopic (exact) mass is 444 g/mol. The van der Waals surface area contributed by atoms with Gasteiger partial charge in [0.2, 0.25) is 0 Å². The fraction of sp³-hybridized carbons (Fsp3) is 0.640. The Morgan fingerprint density at radius 3 is 2.52 bits per heavy atom. The SMILES string of the molecule is CCc1nc(C(=O)NCC2CCC(C)CC2)c(Cl)n1-c1ncc(CC(C)(C)C)cc1C. The van der Waals surface area contributed by atoms with Crippen LogP contribution in [0.4, 0.5) is 0 Å². The highest BCUT2D eigenvalue weighted by Gasteiger charge is 2.25. The van der Waals surface area contributed by atoms with E-state index in [4.69, 9.17) is 16.6 Å². The van der Waals surface area contributed by atoms with E-state index in [0.29, 0.717) is 29.7 Å². The molecule has 1 saturated carbocycles. The molecule has 2 aromatic heterocycles. The Balaban J connectivity index is 1.80. The predicted octanol–water partition coefficient (Wildman–Crippen LogP) is 5.94. The number of nitrogens with one attached hydrogen (secondary N) is 1. The van der Waals surface area contributed by atoms with Crippen LogP contribution in [-0.4, -0.2) is 27.0 Å². The number of hydrogen-bond donors (Lipinski definition) is 1. The number of hydrogen-bond acceptors (Lipinski definition) is 3. The third-order valence-corrected chi connectivity index (χ3v) is 6.51. The number of amides is 1. The topological polar surface area (TPSA) is 59.8 Å². The van der Waals surface area contributed by atoms with E-state index >= 15 is 0 Å². The standard InChI is InChI=1S/C25H37ClN4O/c1-7-20-29-21(24(31)28-14-18-10-8-16(2)9-11-18)22(26)30(20)23-17(3)12-19(15-27-23)13-25(4,5)6/h12,15-16,18H,7-11,13-14H2,1-6H3,(H,28,31). The minimum Gasteiger partial charge on any atom is -0.350 e. The molecule has 0 spiro atoms. The van der Waals surface area contributed by atoms with Crippen molar-refractivity contribution in [2.24, 2.45) is 17.3 Å². The largest absolute Gasteiger partial charge is 0.350 e. The highest BCUT2D eigenvalue weighted by Crippen LogP contribution is 2.29. The highest BCUT2D eigenvalue weighted by molar-refractivity contribution is 6.32. The molecule has 170 valence electrons. The maximum absolute atomic E-state index is 12.9. The zero-order chi connectivity index (χ0) is 22.8. The van der Waals surface area contributed by atoms with E-state index in [1.807, 2.05) is 24.6 Å². The maximum Gasteiger partial charge on any atom is 0.273 e. The highest BCUT2D eigenvalue weighted by atomic mass is 35.5. The van der Waals surface area contributed by atoms with Crippen LogP contribution in [0.25, 0.3) is 5.82 Å². The first kappa shape index (κ1) is 23.8. The molecular weight excluding hydrogens is 408 g/mol. The molecule has 0 unspecified atom stereocenters. The summed E-state index contributed by atoms with van der Waals surface area (Å²) < 4.78 is 1.83. The Morgan fingerprint density at radius 1 is 1.26 bits per heavy atom. The minimum absolute atomic E-state index is 0.193. The maximum atomic E-state index is 12.9. The summed E-state index contributed by atoms with van der Waals surface area (Å²) in [5.74, 6) is 2.65. The van der Waals surface area contributed by atoms with Crippen molar-refractivity contribution in [3.05, 3.63) is 40.1 Å². The van der Waals surface area contributed by atoms with Gasteiger partial charge in [-0.2, -0.15) is 0 Å². The quantitative estimate of drug-likeness (QED) is 0.600. The lowest BCUT2D eigenvalue weighted by Gasteiger charge is -2.26. The second-order valence-electron chi connectivity index (χ2n) is 10.4. The van der Waals surface area contributed by atoms with E-state index in [9.17, 15) is 4.79 Å². The third kappa shape index (κ3) is 5.88. The summed E-state index contributed by atoms with van der Waals surface area (Å²) in [5, 5.41) is 3.41. The summed E-state index contributed by atoms with van der Waals surface area (Å²) in [4.78, 5) is 22.2. The molecule has 31 heavy (non-hydrogen) atoms. The molecule has 2 heterocycles. The molecule has 2 aromatic rings. The normalized spacial score (nSPS) is 19.5. The van der Waals surface area contributed by atoms with E-state index in [1.54, 1.807) is 0 Å². The number of pyridine rings is 1. The fourth-order valence-electron chi connectivity index (χ4n) is 4.46. The molecule has 1 aliphatic carbocycles. The lowest BCUT2D eigenvalue weighted by molar-refractivity contribution is 0.0937. The summed E-state index contributed by atoms with van der Waals surface area (Å²) in [7, 11) is 0. The number of rotatable bonds is 6. The molecule has 0 aliphatic heterocycles. The van der Waals surface area contributed by atoms with Crippen molar-refractivity contribution < 1.29 is 4.79 Å². The van der Waals surface area contributed by atoms with Gasteiger partial charge in [0.05, 0.1) is 0 Å². The third-order valence-electron chi connectivity index (χ3n) is 6.16. The van der Waals surface area contributed by atoms with Crippen molar-refractivity contribution in [3.63, 3.8) is 0 Å². The fourth-order valence-corrected chi connectivity index (χ4v) is 4.77. The van der Waals surface area contributed by atoms with Crippen LogP contribution in [0.1, 0.15) is 87.7 Å². The van der Waals surface area contributed by atoms with Gasteiger partial charge in [0, 0.05) is 19.2 Å². The van der Waals surface area contributed by atoms with Crippen LogP contribution in [0, 0.1) is 24.2 Å². The van der Waals surface area contributed by atoms with Gasteiger partial charge in [-0.15, -0.1) is 0 Å². The Kier molecular flexibility index (Phi) is 7.46. The van der Waals surface area contributed by atoms with Crippen LogP contribution < -0.4 is 5.32 Å². The first-order valence-electron chi connectivity index (χ1n) is 11.6. The van der Waals surface area contributed by atoms with Crippen LogP contribution in [0.2, 0.25) is 5.15 Å². The van der Waals surface area contributed by atoms with Gasteiger partial charge < -0.3 is 5.32 Å². The first-order valence-corrected chi connectivity index (χ1v) is 12.0. The molecule has 5 nitrogen and oxygen atoms in total. The number of carbonyl (C=O) groups excluding carboxylic acids is 1. The van der Waals surface area contributed by atoms with Gasteiger partial charge in [0.1, 0.15) is 16.8 Å². The number of nitrogens with zero attached hydrogens (tertiary/aromatic N) is 3. The van der Waals surface area contributed by atoms with Crippen LogP contribution >= 0.6 is 11.6 Å². The molecular formula is C25H37ClN4O. The van der Waals surface area contributed by atoms with Gasteiger partial charge in [-0.1, -0.05) is 65.1 Å². The number of aryl methyl sites for hydroxylation is 2. The molecule has 0 saturated heterocycles. The van der Waals surface area contributed by atoms with Gasteiger partial charge in [-0.05, 0) is 54.6 Å². The number of aromatic nitrogens is 3. The lowest BCUT2D eigenvalue weighted by Crippen LogP contribution is -2.31. The average Bonchev–Trinajstić information content (AvgIpc) is 3.02. The van der Waals surface area contributed by atoms with Gasteiger partial charge in [0.25, 0.3) is 5.91 Å². The summed E-state index contributed by atoms with van der Waals surface area (Å²) in [6.45, 7) is 13.7. The number of imidazole rings is 1. The smallest absolute Gasteiger partial charge is 0.273 e. The number of carbonyl (C=O) groups is 1. The second-order valence-corrected chi connectivity index (χ2v) is 10.8. The Morgan fingerprint density at radius 2 is 1.94 bits per heavy atom. The van der Waals surface area contributed by atoms with Crippen molar-refractivity contribution in [2.75, 3.05) is 6.54 Å². The van der Waals surface area contributed by atoms with Gasteiger partial charge >= 0.3 is 0 Å². The average molecular weight is 445 g/mol. The predicted molar refractivity (Wildman–Crippen MR) is 127 cm³/mol. The zero-order valence-corrected chi connectivity index (χ0v) is 20.6. The van der Waals surface area contributed by atoms with Crippen molar-refractivity contribution in [2.45, 2.75) is 80.1 Å². The lowest BCUT2D eigenvalue weighted by atomic mass is 9.83. The van der Waals surface area contributed by atoms with Crippen LogP contribution in [0.15, 0.2) is 12.3 Å². The minimum atomic E-state index is -0.195. The van der Waals surface area contributed by atoms with E-state index in [-0.39, 0.29) is 11.3 Å². The molecule has 3 rings (SSSR count). The zero-order valence-electron chi connectivity index (χ0n) is 19.9. The molecule has 6 heteroatoms. The van der Waals surface area contributed by atoms with E-state index in [0.717, 1.165) is 29.5 Å². The van der Waals surface area contributed by atoms with E-state index in [2.05, 4.69) is 44.1 Å². The van der Waals surface area contributed by atoms with Crippen molar-refractivity contribution in [1.82, 2.24) is 19.9 Å². The summed E-state index contributed by atoms with van der Waals surface area (Å²) >= 11 is 6.70. The van der Waals surface area contributed by atoms with Gasteiger partial charge in [0.15, 0.2) is 5.69 Å². The molecule has 0 radical (unpaired) electrons. The van der Waals surface area contributed by atoms with E-state index < -0.39 is 0 Å². The second kappa shape index (κ2) is 9.72. The molecule has 1 aliphatic rings. The summed E-state index contributed by atoms with van der Waals surface area (Å²) in [5.41, 5.74) is 2.71. The number of halogens is 1. The molecule has 1 amide bonds. The first-order chi connectivity index (χ1) is 14.6. The van der Waals surface area contributed by atoms with Crippen LogP contribution in [0.5, 0.6) is 0 Å². The summed E-state index contributed by atoms with van der Waals surface area (Å²) in [6, 6.07) is 2.16. The van der Waals surface area contributed by atoms with Crippen molar-refractivity contribution in [3.8, 4) is 5.82 Å². The Bertz CT molecular complexity index is 920. The van der Waals surface area contributed by atoms with E-state index in [1.165, 1.54) is 31.2 Å². The molecule has 0 bridgehead atoms. The van der Waals surface area contributed by atoms with Crippen LogP contribution in [-0.2, 0) is 12.8 Å². The molecule has 1 N–H and O–H groups in total. The molecule has 1 fully saturated rings. The van der Waals surface area contributed by atoms with Crippen molar-refractivity contribution >= 4 is 17.5 Å². The Labute approximate surface area is 192 Å². The summed E-state index contributed by atoms with van der Waals surface area (Å²) in [6.07, 6.45) is 8.36. The Hall–Kier alpha value is -1.88. The van der Waals surface area contributed by atoms with Crippen LogP contribution in [0.3, 0.4) is 0 Å². The van der Waals surface area contributed by atoms with Gasteiger partial charge in [-0.3, -0.25) is 9.36 Å². The molecule has 0 atom stereocenters. The van der Waals surface area contributed by atoms with Gasteiger partial charge in [-0.25, -0.2) is 9.97 Å². The molecule has 0 aromatic carbocycles. The van der Waals surface area contributed by atoms with Crippen molar-refractivity contribution in [1.29, 1.82) is 0 Å².